The highest BCUT2D eigenvalue weighted by molar-refractivity contribution is 5.90. The molecule has 0 saturated carbocycles. The zero-order valence-corrected chi connectivity index (χ0v) is 19.9. The maximum atomic E-state index is 13.4. The number of aliphatic carboxylic acids is 1. The van der Waals surface area contributed by atoms with Crippen LogP contribution in [0.1, 0.15) is 43.0 Å². The zero-order chi connectivity index (χ0) is 24.9. The van der Waals surface area contributed by atoms with Crippen LogP contribution in [0.4, 0.5) is 0 Å². The molecule has 2 atom stereocenters. The molecule has 3 rings (SSSR count). The molecule has 3 aromatic rings. The summed E-state index contributed by atoms with van der Waals surface area (Å²) in [5, 5.41) is 25.4. The van der Waals surface area contributed by atoms with Crippen molar-refractivity contribution in [2.75, 3.05) is 0 Å². The topological polar surface area (TPSA) is 98.7 Å². The van der Waals surface area contributed by atoms with Crippen molar-refractivity contribution in [1.82, 2.24) is 10.6 Å². The van der Waals surface area contributed by atoms with Crippen molar-refractivity contribution < 1.29 is 19.8 Å². The first-order valence-corrected chi connectivity index (χ1v) is 11.3. The van der Waals surface area contributed by atoms with Gasteiger partial charge in [-0.05, 0) is 44.4 Å². The summed E-state index contributed by atoms with van der Waals surface area (Å²) in [7, 11) is 0. The maximum absolute atomic E-state index is 13.4. The van der Waals surface area contributed by atoms with Gasteiger partial charge in [0.25, 0.3) is 0 Å². The predicted molar refractivity (Wildman–Crippen MR) is 132 cm³/mol. The number of aliphatic hydroxyl groups is 1. The highest BCUT2D eigenvalue weighted by Crippen LogP contribution is 2.38. The van der Waals surface area contributed by atoms with Crippen molar-refractivity contribution in [3.05, 3.63) is 107 Å². The lowest BCUT2D eigenvalue weighted by Crippen LogP contribution is -2.63. The molecule has 6 nitrogen and oxygen atoms in total. The van der Waals surface area contributed by atoms with E-state index in [4.69, 9.17) is 0 Å². The Morgan fingerprint density at radius 2 is 1.24 bits per heavy atom. The monoisotopic (exact) mass is 460 g/mol. The van der Waals surface area contributed by atoms with Gasteiger partial charge in [0.1, 0.15) is 0 Å². The molecular weight excluding hydrogens is 428 g/mol. The summed E-state index contributed by atoms with van der Waals surface area (Å²) in [5.41, 5.74) is 1.76. The first kappa shape index (κ1) is 25.1. The summed E-state index contributed by atoms with van der Waals surface area (Å²) in [5.74, 6) is -1.83. The Kier molecular flexibility index (Phi) is 7.54. The average Bonchev–Trinajstić information content (AvgIpc) is 2.82. The van der Waals surface area contributed by atoms with E-state index < -0.39 is 35.1 Å². The number of carboxylic acid groups (broad SMARTS) is 1. The van der Waals surface area contributed by atoms with Gasteiger partial charge in [-0.15, -0.1) is 0 Å². The van der Waals surface area contributed by atoms with Crippen LogP contribution in [0.3, 0.4) is 0 Å². The molecule has 3 aromatic carbocycles. The standard InChI is InChI=1S/C28H32N2O4/c1-19-15-17-23(18-16-19)28(21-11-7-5-8-12-21,22-13-9-6-10-14-22)30-27(3,4)26(34)29-24(20(2)31)25(32)33/h5-18,20,24,30-31H,1-4H3,(H,29,34)(H,32,33)/t20-,24+/m1/s1. The summed E-state index contributed by atoms with van der Waals surface area (Å²) in [6.07, 6.45) is -1.25. The molecule has 178 valence electrons. The van der Waals surface area contributed by atoms with Crippen LogP contribution in [0.5, 0.6) is 0 Å². The zero-order valence-electron chi connectivity index (χ0n) is 19.9. The maximum Gasteiger partial charge on any atom is 0.328 e. The Balaban J connectivity index is 2.18. The van der Waals surface area contributed by atoms with E-state index in [2.05, 4.69) is 10.6 Å². The van der Waals surface area contributed by atoms with Crippen molar-refractivity contribution in [2.45, 2.75) is 50.9 Å². The number of hydrogen-bond acceptors (Lipinski definition) is 4. The van der Waals surface area contributed by atoms with E-state index in [9.17, 15) is 19.8 Å². The number of aliphatic hydroxyl groups excluding tert-OH is 1. The van der Waals surface area contributed by atoms with Crippen LogP contribution in [0.2, 0.25) is 0 Å². The van der Waals surface area contributed by atoms with Gasteiger partial charge in [-0.2, -0.15) is 0 Å². The Labute approximate surface area is 200 Å². The Hall–Kier alpha value is -3.48. The second kappa shape index (κ2) is 10.2. The molecular formula is C28H32N2O4. The molecule has 0 saturated heterocycles. The van der Waals surface area contributed by atoms with Gasteiger partial charge < -0.3 is 15.5 Å². The first-order valence-electron chi connectivity index (χ1n) is 11.3. The quantitative estimate of drug-likeness (QED) is 0.366. The summed E-state index contributed by atoms with van der Waals surface area (Å²) in [6.45, 7) is 6.77. The van der Waals surface area contributed by atoms with Gasteiger partial charge in [-0.25, -0.2) is 4.79 Å². The van der Waals surface area contributed by atoms with Gasteiger partial charge in [0.05, 0.1) is 17.2 Å². The molecule has 0 aliphatic heterocycles. The number of benzene rings is 3. The van der Waals surface area contributed by atoms with Gasteiger partial charge in [0.15, 0.2) is 6.04 Å². The van der Waals surface area contributed by atoms with Crippen molar-refractivity contribution in [3.8, 4) is 0 Å². The second-order valence-electron chi connectivity index (χ2n) is 9.13. The summed E-state index contributed by atoms with van der Waals surface area (Å²) < 4.78 is 0. The number of hydrogen-bond donors (Lipinski definition) is 4. The molecule has 6 heteroatoms. The lowest BCUT2D eigenvalue weighted by atomic mass is 9.75. The van der Waals surface area contributed by atoms with Crippen LogP contribution in [-0.2, 0) is 15.1 Å². The Morgan fingerprint density at radius 3 is 1.65 bits per heavy atom. The molecule has 4 N–H and O–H groups in total. The summed E-state index contributed by atoms with van der Waals surface area (Å²) in [4.78, 5) is 25.0. The molecule has 0 unspecified atom stereocenters. The number of rotatable bonds is 9. The second-order valence-corrected chi connectivity index (χ2v) is 9.13. The molecule has 0 heterocycles. The minimum absolute atomic E-state index is 0.538. The molecule has 0 aliphatic carbocycles. The normalized spacial score (nSPS) is 13.7. The van der Waals surface area contributed by atoms with E-state index in [0.717, 1.165) is 22.3 Å². The SMILES string of the molecule is Cc1ccc(C(NC(C)(C)C(=O)N[C@H](C(=O)O)[C@@H](C)O)(c2ccccc2)c2ccccc2)cc1. The van der Waals surface area contributed by atoms with E-state index >= 15 is 0 Å². The number of carbonyl (C=O) groups excluding carboxylic acids is 1. The molecule has 1 amide bonds. The van der Waals surface area contributed by atoms with E-state index in [1.807, 2.05) is 91.9 Å². The van der Waals surface area contributed by atoms with Crippen molar-refractivity contribution >= 4 is 11.9 Å². The Bertz CT molecular complexity index is 1070. The molecule has 0 spiro atoms. The van der Waals surface area contributed by atoms with Crippen LogP contribution in [0.25, 0.3) is 0 Å². The van der Waals surface area contributed by atoms with E-state index in [0.29, 0.717) is 0 Å². The fourth-order valence-corrected chi connectivity index (χ4v) is 4.13. The first-order chi connectivity index (χ1) is 16.1. The third kappa shape index (κ3) is 5.19. The van der Waals surface area contributed by atoms with Gasteiger partial charge in [-0.3, -0.25) is 10.1 Å². The van der Waals surface area contributed by atoms with Gasteiger partial charge in [0, 0.05) is 0 Å². The van der Waals surface area contributed by atoms with Crippen molar-refractivity contribution in [2.24, 2.45) is 0 Å². The Morgan fingerprint density at radius 1 is 0.794 bits per heavy atom. The fourth-order valence-electron chi connectivity index (χ4n) is 4.13. The van der Waals surface area contributed by atoms with Crippen LogP contribution in [0.15, 0.2) is 84.9 Å². The van der Waals surface area contributed by atoms with Gasteiger partial charge in [-0.1, -0.05) is 90.5 Å². The van der Waals surface area contributed by atoms with Crippen LogP contribution in [-0.4, -0.2) is 39.8 Å². The largest absolute Gasteiger partial charge is 0.480 e. The molecule has 0 bridgehead atoms. The van der Waals surface area contributed by atoms with E-state index in [1.165, 1.54) is 6.92 Å². The lowest BCUT2D eigenvalue weighted by molar-refractivity contribution is -0.145. The summed E-state index contributed by atoms with van der Waals surface area (Å²) >= 11 is 0. The fraction of sp³-hybridized carbons (Fsp3) is 0.286. The highest BCUT2D eigenvalue weighted by Gasteiger charge is 2.44. The molecule has 0 aliphatic rings. The third-order valence-corrected chi connectivity index (χ3v) is 6.00. The smallest absolute Gasteiger partial charge is 0.328 e. The minimum Gasteiger partial charge on any atom is -0.480 e. The third-order valence-electron chi connectivity index (χ3n) is 6.00. The molecule has 0 radical (unpaired) electrons. The number of aryl methyl sites for hydroxylation is 1. The minimum atomic E-state index is -1.42. The van der Waals surface area contributed by atoms with Crippen molar-refractivity contribution in [1.29, 1.82) is 0 Å². The number of nitrogens with one attached hydrogen (secondary N) is 2. The van der Waals surface area contributed by atoms with Crippen LogP contribution >= 0.6 is 0 Å². The highest BCUT2D eigenvalue weighted by atomic mass is 16.4. The molecule has 0 fully saturated rings. The average molecular weight is 461 g/mol. The predicted octanol–water partition coefficient (Wildman–Crippen LogP) is 3.61. The number of carboxylic acids is 1. The van der Waals surface area contributed by atoms with Crippen LogP contribution in [0, 0.1) is 6.92 Å². The van der Waals surface area contributed by atoms with E-state index in [-0.39, 0.29) is 0 Å². The number of carbonyl (C=O) groups is 2. The molecule has 0 aromatic heterocycles. The van der Waals surface area contributed by atoms with Gasteiger partial charge in [0.2, 0.25) is 5.91 Å². The number of amides is 1. The van der Waals surface area contributed by atoms with Crippen LogP contribution < -0.4 is 10.6 Å². The molecule has 34 heavy (non-hydrogen) atoms. The van der Waals surface area contributed by atoms with E-state index in [1.54, 1.807) is 13.8 Å². The van der Waals surface area contributed by atoms with Gasteiger partial charge >= 0.3 is 5.97 Å². The summed E-state index contributed by atoms with van der Waals surface area (Å²) in [6, 6.07) is 26.4. The van der Waals surface area contributed by atoms with Crippen molar-refractivity contribution in [3.63, 3.8) is 0 Å². The lowest BCUT2D eigenvalue weighted by Gasteiger charge is -2.43.